The molecule has 5 nitrogen and oxygen atoms in total. The van der Waals surface area contributed by atoms with Gasteiger partial charge in [-0.25, -0.2) is 4.39 Å². The molecule has 0 radical (unpaired) electrons. The summed E-state index contributed by atoms with van der Waals surface area (Å²) >= 11 is 0. The smallest absolute Gasteiger partial charge is 0.272 e. The second-order valence-corrected chi connectivity index (χ2v) is 4.87. The van der Waals surface area contributed by atoms with Crippen LogP contribution in [0.3, 0.4) is 0 Å². The normalized spacial score (nSPS) is 11.7. The molecule has 0 fully saturated rings. The van der Waals surface area contributed by atoms with Crippen molar-refractivity contribution in [3.05, 3.63) is 75.1 Å². The molecular formula is C16H14FN3O2. The number of nitriles is 1. The van der Waals surface area contributed by atoms with E-state index < -0.39 is 10.7 Å². The van der Waals surface area contributed by atoms with E-state index in [0.29, 0.717) is 11.1 Å². The monoisotopic (exact) mass is 299 g/mol. The van der Waals surface area contributed by atoms with Crippen molar-refractivity contribution in [2.45, 2.75) is 19.5 Å². The molecule has 0 bridgehead atoms. The lowest BCUT2D eigenvalue weighted by Gasteiger charge is -2.14. The lowest BCUT2D eigenvalue weighted by atomic mass is 10.1. The molecule has 0 aliphatic rings. The molecule has 2 rings (SSSR count). The van der Waals surface area contributed by atoms with Crippen LogP contribution >= 0.6 is 0 Å². The molecule has 0 unspecified atom stereocenters. The Morgan fingerprint density at radius 1 is 1.32 bits per heavy atom. The molecule has 0 saturated heterocycles. The number of nitro groups is 1. The Kier molecular flexibility index (Phi) is 4.81. The van der Waals surface area contributed by atoms with Crippen LogP contribution < -0.4 is 5.32 Å². The number of non-ortho nitro benzene ring substituents is 1. The van der Waals surface area contributed by atoms with Crippen LogP contribution in [0.4, 0.5) is 10.1 Å². The number of nitrogens with one attached hydrogen (secondary N) is 1. The predicted octanol–water partition coefficient (Wildman–Crippen LogP) is 3.46. The Morgan fingerprint density at radius 2 is 2.00 bits per heavy atom. The van der Waals surface area contributed by atoms with E-state index in [2.05, 4.69) is 5.32 Å². The van der Waals surface area contributed by atoms with Crippen molar-refractivity contribution in [1.29, 1.82) is 5.26 Å². The molecule has 0 spiro atoms. The van der Waals surface area contributed by atoms with Crippen LogP contribution in [0.15, 0.2) is 42.5 Å². The first kappa shape index (κ1) is 15.6. The number of benzene rings is 2. The Morgan fingerprint density at radius 3 is 2.55 bits per heavy atom. The number of rotatable bonds is 5. The van der Waals surface area contributed by atoms with Crippen LogP contribution in [0.25, 0.3) is 0 Å². The summed E-state index contributed by atoms with van der Waals surface area (Å²) in [6, 6.07) is 12.7. The van der Waals surface area contributed by atoms with E-state index in [1.54, 1.807) is 12.1 Å². The van der Waals surface area contributed by atoms with Gasteiger partial charge in [0.25, 0.3) is 5.69 Å². The second kappa shape index (κ2) is 6.78. The van der Waals surface area contributed by atoms with Crippen molar-refractivity contribution in [2.24, 2.45) is 0 Å². The number of nitro benzene ring substituents is 1. The molecule has 1 N–H and O–H groups in total. The predicted molar refractivity (Wildman–Crippen MR) is 79.5 cm³/mol. The van der Waals surface area contributed by atoms with Crippen LogP contribution in [0.5, 0.6) is 0 Å². The first-order valence-electron chi connectivity index (χ1n) is 6.67. The van der Waals surface area contributed by atoms with Gasteiger partial charge < -0.3 is 5.32 Å². The zero-order chi connectivity index (χ0) is 16.1. The van der Waals surface area contributed by atoms with Crippen LogP contribution in [0.2, 0.25) is 0 Å². The molecule has 2 aromatic rings. The Bertz CT molecular complexity index is 723. The SMILES string of the molecule is C[C@H](NCc1ccc([N+](=O)[O-])cc1F)c1ccc(C#N)cc1. The molecule has 0 amide bonds. The van der Waals surface area contributed by atoms with Gasteiger partial charge in [-0.1, -0.05) is 12.1 Å². The van der Waals surface area contributed by atoms with E-state index in [9.17, 15) is 14.5 Å². The van der Waals surface area contributed by atoms with Crippen LogP contribution in [-0.4, -0.2) is 4.92 Å². The summed E-state index contributed by atoms with van der Waals surface area (Å²) in [4.78, 5) is 9.94. The number of nitrogens with zero attached hydrogens (tertiary/aromatic N) is 2. The molecule has 0 aliphatic heterocycles. The summed E-state index contributed by atoms with van der Waals surface area (Å²) in [7, 11) is 0. The molecule has 0 saturated carbocycles. The lowest BCUT2D eigenvalue weighted by Crippen LogP contribution is -2.18. The van der Waals surface area contributed by atoms with Gasteiger partial charge >= 0.3 is 0 Å². The Balaban J connectivity index is 2.03. The molecule has 6 heteroatoms. The maximum absolute atomic E-state index is 13.8. The van der Waals surface area contributed by atoms with E-state index in [4.69, 9.17) is 5.26 Å². The van der Waals surface area contributed by atoms with Crippen molar-refractivity contribution >= 4 is 5.69 Å². The zero-order valence-corrected chi connectivity index (χ0v) is 11.9. The fourth-order valence-electron chi connectivity index (χ4n) is 2.02. The highest BCUT2D eigenvalue weighted by molar-refractivity contribution is 5.35. The first-order chi connectivity index (χ1) is 10.5. The number of halogens is 1. The van der Waals surface area contributed by atoms with Gasteiger partial charge in [0.15, 0.2) is 0 Å². The van der Waals surface area contributed by atoms with Crippen molar-refractivity contribution in [1.82, 2.24) is 5.32 Å². The van der Waals surface area contributed by atoms with Crippen molar-refractivity contribution in [2.75, 3.05) is 0 Å². The van der Waals surface area contributed by atoms with Gasteiger partial charge in [0.05, 0.1) is 22.6 Å². The van der Waals surface area contributed by atoms with Crippen LogP contribution in [-0.2, 0) is 6.54 Å². The molecular weight excluding hydrogens is 285 g/mol. The van der Waals surface area contributed by atoms with Gasteiger partial charge in [-0.2, -0.15) is 5.26 Å². The second-order valence-electron chi connectivity index (χ2n) is 4.87. The van der Waals surface area contributed by atoms with E-state index in [0.717, 1.165) is 11.6 Å². The molecule has 1 atom stereocenters. The quantitative estimate of drug-likeness (QED) is 0.677. The third-order valence-corrected chi connectivity index (χ3v) is 3.39. The summed E-state index contributed by atoms with van der Waals surface area (Å²) < 4.78 is 13.8. The summed E-state index contributed by atoms with van der Waals surface area (Å²) in [5, 5.41) is 22.5. The maximum Gasteiger partial charge on any atom is 0.272 e. The fraction of sp³-hybridized carbons (Fsp3) is 0.188. The molecule has 2 aromatic carbocycles. The molecule has 0 aromatic heterocycles. The Labute approximate surface area is 127 Å². The minimum absolute atomic E-state index is 0.0395. The van der Waals surface area contributed by atoms with E-state index >= 15 is 0 Å². The van der Waals surface area contributed by atoms with Gasteiger partial charge in [-0.3, -0.25) is 10.1 Å². The standard InChI is InChI=1S/C16H14FN3O2/c1-11(13-4-2-12(9-18)3-5-13)19-10-14-6-7-15(20(21)22)8-16(14)17/h2-8,11,19H,10H2,1H3/t11-/m0/s1. The van der Waals surface area contributed by atoms with E-state index in [1.165, 1.54) is 12.1 Å². The highest BCUT2D eigenvalue weighted by Crippen LogP contribution is 2.18. The number of hydrogen-bond donors (Lipinski definition) is 1. The minimum atomic E-state index is -0.625. The van der Waals surface area contributed by atoms with Gasteiger partial charge in [-0.15, -0.1) is 0 Å². The van der Waals surface area contributed by atoms with E-state index in [-0.39, 0.29) is 18.3 Å². The summed E-state index contributed by atoms with van der Waals surface area (Å²) in [5.41, 5.74) is 1.66. The molecule has 22 heavy (non-hydrogen) atoms. The topological polar surface area (TPSA) is 79.0 Å². The minimum Gasteiger partial charge on any atom is -0.306 e. The number of hydrogen-bond acceptors (Lipinski definition) is 4. The largest absolute Gasteiger partial charge is 0.306 e. The van der Waals surface area contributed by atoms with Gasteiger partial charge in [0.2, 0.25) is 0 Å². The van der Waals surface area contributed by atoms with Crippen molar-refractivity contribution in [3.8, 4) is 6.07 Å². The van der Waals surface area contributed by atoms with E-state index in [1.807, 2.05) is 25.1 Å². The van der Waals surface area contributed by atoms with Crippen molar-refractivity contribution in [3.63, 3.8) is 0 Å². The van der Waals surface area contributed by atoms with Crippen LogP contribution in [0, 0.1) is 27.3 Å². The average molecular weight is 299 g/mol. The highest BCUT2D eigenvalue weighted by atomic mass is 19.1. The first-order valence-corrected chi connectivity index (χ1v) is 6.67. The molecule has 112 valence electrons. The lowest BCUT2D eigenvalue weighted by molar-refractivity contribution is -0.385. The highest BCUT2D eigenvalue weighted by Gasteiger charge is 2.12. The Hall–Kier alpha value is -2.78. The van der Waals surface area contributed by atoms with Crippen molar-refractivity contribution < 1.29 is 9.31 Å². The third-order valence-electron chi connectivity index (χ3n) is 3.39. The van der Waals surface area contributed by atoms with Gasteiger partial charge in [-0.05, 0) is 30.7 Å². The summed E-state index contributed by atoms with van der Waals surface area (Å²) in [6.45, 7) is 2.18. The molecule has 0 heterocycles. The summed E-state index contributed by atoms with van der Waals surface area (Å²) in [6.07, 6.45) is 0. The molecule has 0 aliphatic carbocycles. The van der Waals surface area contributed by atoms with Gasteiger partial charge in [0, 0.05) is 24.2 Å². The zero-order valence-electron chi connectivity index (χ0n) is 11.9. The summed E-state index contributed by atoms with van der Waals surface area (Å²) in [5.74, 6) is -0.603. The average Bonchev–Trinajstić information content (AvgIpc) is 2.53. The van der Waals surface area contributed by atoms with Crippen LogP contribution in [0.1, 0.15) is 29.7 Å². The maximum atomic E-state index is 13.8. The fourth-order valence-corrected chi connectivity index (χ4v) is 2.02. The van der Waals surface area contributed by atoms with Gasteiger partial charge in [0.1, 0.15) is 5.82 Å². The third kappa shape index (κ3) is 3.65.